The van der Waals surface area contributed by atoms with E-state index in [9.17, 15) is 9.59 Å². The largest absolute Gasteiger partial charge is 0.466 e. The summed E-state index contributed by atoms with van der Waals surface area (Å²) in [4.78, 5) is 26.1. The molecule has 0 aliphatic carbocycles. The average molecular weight is 339 g/mol. The van der Waals surface area contributed by atoms with E-state index in [1.807, 2.05) is 0 Å². The molecule has 1 atom stereocenters. The van der Waals surface area contributed by atoms with Crippen molar-refractivity contribution in [3.8, 4) is 0 Å². The van der Waals surface area contributed by atoms with Crippen LogP contribution in [0.25, 0.3) is 11.1 Å². The molecule has 1 saturated heterocycles. The van der Waals surface area contributed by atoms with Crippen molar-refractivity contribution in [1.29, 1.82) is 0 Å². The molecular weight excluding hydrogens is 320 g/mol. The highest BCUT2D eigenvalue weighted by molar-refractivity contribution is 6.31. The second-order valence-corrected chi connectivity index (χ2v) is 6.15. The molecule has 0 N–H and O–H groups in total. The zero-order valence-electron chi connectivity index (χ0n) is 13.0. The first kappa shape index (κ1) is 16.1. The number of ether oxygens (including phenoxy) is 1. The van der Waals surface area contributed by atoms with Gasteiger partial charge in [0.1, 0.15) is 0 Å². The van der Waals surface area contributed by atoms with Gasteiger partial charge in [-0.1, -0.05) is 11.6 Å². The second-order valence-electron chi connectivity index (χ2n) is 5.72. The van der Waals surface area contributed by atoms with Gasteiger partial charge in [-0.05, 0) is 38.4 Å². The number of carbonyl (C=O) groups is 1. The first-order valence-corrected chi connectivity index (χ1v) is 8.14. The Morgan fingerprint density at radius 3 is 3.09 bits per heavy atom. The number of nitrogens with zero attached hydrogens (tertiary/aromatic N) is 2. The van der Waals surface area contributed by atoms with Crippen LogP contribution in [0.5, 0.6) is 0 Å². The minimum Gasteiger partial charge on any atom is -0.466 e. The van der Waals surface area contributed by atoms with Crippen molar-refractivity contribution in [2.24, 2.45) is 5.92 Å². The number of hydrogen-bond donors (Lipinski definition) is 0. The van der Waals surface area contributed by atoms with E-state index in [0.717, 1.165) is 19.4 Å². The molecule has 0 amide bonds. The molecule has 0 bridgehead atoms. The van der Waals surface area contributed by atoms with Crippen molar-refractivity contribution >= 4 is 28.7 Å². The minimum atomic E-state index is -0.416. The highest BCUT2D eigenvalue weighted by Gasteiger charge is 2.27. The topological polar surface area (TPSA) is 64.7 Å². The average Bonchev–Trinajstić information content (AvgIpc) is 2.83. The molecule has 3 rings (SSSR count). The summed E-state index contributed by atoms with van der Waals surface area (Å²) in [6, 6.07) is 5.13. The molecule has 2 heterocycles. The maximum atomic E-state index is 12.1. The molecule has 1 aliphatic rings. The predicted molar refractivity (Wildman–Crippen MR) is 86.4 cm³/mol. The summed E-state index contributed by atoms with van der Waals surface area (Å²) in [5.41, 5.74) is 1.18. The number of esters is 1. The van der Waals surface area contributed by atoms with Crippen LogP contribution in [0.4, 0.5) is 0 Å². The number of piperidine rings is 1. The summed E-state index contributed by atoms with van der Waals surface area (Å²) in [6.45, 7) is 4.01. The standard InChI is InChI=1S/C16H19ClN2O4/c1-2-22-15(20)11-4-3-7-18(9-11)10-19-13-6-5-12(17)8-14(13)23-16(19)21/h5-6,8,11H,2-4,7,9-10H2,1H3/t11-/m1/s1. The number of benzene rings is 1. The smallest absolute Gasteiger partial charge is 0.421 e. The predicted octanol–water partition coefficient (Wildman–Crippen LogP) is 2.48. The number of likely N-dealkylation sites (tertiary alicyclic amines) is 1. The Labute approximate surface area is 138 Å². The third kappa shape index (κ3) is 3.43. The number of fused-ring (bicyclic) bond motifs is 1. The minimum absolute atomic E-state index is 0.132. The van der Waals surface area contributed by atoms with Crippen molar-refractivity contribution in [2.75, 3.05) is 19.7 Å². The monoisotopic (exact) mass is 338 g/mol. The van der Waals surface area contributed by atoms with Crippen LogP contribution in [0, 0.1) is 5.92 Å². The highest BCUT2D eigenvalue weighted by atomic mass is 35.5. The lowest BCUT2D eigenvalue weighted by Gasteiger charge is -2.31. The number of oxazole rings is 1. The van der Waals surface area contributed by atoms with Gasteiger partial charge >= 0.3 is 11.7 Å². The van der Waals surface area contributed by atoms with Crippen LogP contribution in [0.2, 0.25) is 5.02 Å². The Hall–Kier alpha value is -1.79. The zero-order chi connectivity index (χ0) is 16.4. The van der Waals surface area contributed by atoms with Crippen LogP contribution in [0.15, 0.2) is 27.4 Å². The van der Waals surface area contributed by atoms with Gasteiger partial charge in [-0.3, -0.25) is 14.3 Å². The lowest BCUT2D eigenvalue weighted by atomic mass is 9.98. The first-order valence-electron chi connectivity index (χ1n) is 7.76. The molecule has 23 heavy (non-hydrogen) atoms. The van der Waals surface area contributed by atoms with Crippen LogP contribution in [0.3, 0.4) is 0 Å². The van der Waals surface area contributed by atoms with E-state index in [0.29, 0.717) is 35.9 Å². The SMILES string of the molecule is CCOC(=O)[C@@H]1CCCN(Cn2c(=O)oc3cc(Cl)ccc32)C1. The van der Waals surface area contributed by atoms with Gasteiger partial charge in [-0.15, -0.1) is 0 Å². The van der Waals surface area contributed by atoms with E-state index in [2.05, 4.69) is 4.90 Å². The Morgan fingerprint density at radius 1 is 1.48 bits per heavy atom. The summed E-state index contributed by atoms with van der Waals surface area (Å²) < 4.78 is 11.9. The number of carbonyl (C=O) groups excluding carboxylic acids is 1. The maximum absolute atomic E-state index is 12.1. The van der Waals surface area contributed by atoms with Crippen molar-refractivity contribution < 1.29 is 13.9 Å². The highest BCUT2D eigenvalue weighted by Crippen LogP contribution is 2.21. The quantitative estimate of drug-likeness (QED) is 0.801. The summed E-state index contributed by atoms with van der Waals surface area (Å²) in [5.74, 6) is -0.707. The molecule has 6 nitrogen and oxygen atoms in total. The molecular formula is C16H19ClN2O4. The Morgan fingerprint density at radius 2 is 2.30 bits per heavy atom. The van der Waals surface area contributed by atoms with E-state index >= 15 is 0 Å². The molecule has 1 aromatic carbocycles. The number of halogens is 1. The lowest BCUT2D eigenvalue weighted by molar-refractivity contribution is -0.150. The van der Waals surface area contributed by atoms with E-state index in [4.69, 9.17) is 20.8 Å². The van der Waals surface area contributed by atoms with Crippen LogP contribution in [0.1, 0.15) is 19.8 Å². The summed E-state index contributed by atoms with van der Waals surface area (Å²) >= 11 is 5.92. The number of hydrogen-bond acceptors (Lipinski definition) is 5. The molecule has 1 aliphatic heterocycles. The maximum Gasteiger partial charge on any atom is 0.421 e. The van der Waals surface area contributed by atoms with Gasteiger partial charge in [0.15, 0.2) is 5.58 Å². The van der Waals surface area contributed by atoms with Gasteiger partial charge in [0.2, 0.25) is 0 Å². The normalized spacial score (nSPS) is 19.1. The fourth-order valence-electron chi connectivity index (χ4n) is 3.01. The number of aromatic nitrogens is 1. The second kappa shape index (κ2) is 6.76. The van der Waals surface area contributed by atoms with Crippen molar-refractivity contribution in [3.05, 3.63) is 33.8 Å². The number of rotatable bonds is 4. The summed E-state index contributed by atoms with van der Waals surface area (Å²) in [6.07, 6.45) is 1.73. The first-order chi connectivity index (χ1) is 11.1. The lowest BCUT2D eigenvalue weighted by Crippen LogP contribution is -2.41. The molecule has 7 heteroatoms. The summed E-state index contributed by atoms with van der Waals surface area (Å²) in [5, 5.41) is 0.527. The molecule has 0 saturated carbocycles. The van der Waals surface area contributed by atoms with E-state index in [1.54, 1.807) is 29.7 Å². The van der Waals surface area contributed by atoms with Gasteiger partial charge in [-0.2, -0.15) is 0 Å². The molecule has 124 valence electrons. The van der Waals surface area contributed by atoms with Gasteiger partial charge in [0.25, 0.3) is 0 Å². The third-order valence-corrected chi connectivity index (χ3v) is 4.33. The van der Waals surface area contributed by atoms with E-state index < -0.39 is 5.76 Å². The van der Waals surface area contributed by atoms with Crippen molar-refractivity contribution in [1.82, 2.24) is 9.47 Å². The molecule has 1 fully saturated rings. The fourth-order valence-corrected chi connectivity index (χ4v) is 3.17. The van der Waals surface area contributed by atoms with Gasteiger partial charge in [-0.25, -0.2) is 4.79 Å². The van der Waals surface area contributed by atoms with Crippen molar-refractivity contribution in [3.63, 3.8) is 0 Å². The third-order valence-electron chi connectivity index (χ3n) is 4.10. The Kier molecular flexibility index (Phi) is 4.73. The van der Waals surface area contributed by atoms with Gasteiger partial charge < -0.3 is 9.15 Å². The van der Waals surface area contributed by atoms with Crippen LogP contribution in [-0.2, 0) is 16.2 Å². The molecule has 0 spiro atoms. The molecule has 0 unspecified atom stereocenters. The van der Waals surface area contributed by atoms with Crippen LogP contribution in [-0.4, -0.2) is 35.1 Å². The van der Waals surface area contributed by atoms with E-state index in [-0.39, 0.29) is 11.9 Å². The fraction of sp³-hybridized carbons (Fsp3) is 0.500. The van der Waals surface area contributed by atoms with Crippen LogP contribution >= 0.6 is 11.6 Å². The molecule has 0 radical (unpaired) electrons. The van der Waals surface area contributed by atoms with Gasteiger partial charge in [0, 0.05) is 17.6 Å². The van der Waals surface area contributed by atoms with E-state index in [1.165, 1.54) is 0 Å². The zero-order valence-corrected chi connectivity index (χ0v) is 13.7. The van der Waals surface area contributed by atoms with Crippen molar-refractivity contribution in [2.45, 2.75) is 26.4 Å². The molecule has 2 aromatic rings. The molecule has 1 aromatic heterocycles. The Balaban J connectivity index is 1.78. The Bertz CT molecular complexity index is 767. The summed E-state index contributed by atoms with van der Waals surface area (Å²) in [7, 11) is 0. The van der Waals surface area contributed by atoms with Crippen LogP contribution < -0.4 is 5.76 Å². The van der Waals surface area contributed by atoms with Gasteiger partial charge in [0.05, 0.1) is 24.7 Å².